The highest BCUT2D eigenvalue weighted by Gasteiger charge is 2.21. The quantitative estimate of drug-likeness (QED) is 0.532. The summed E-state index contributed by atoms with van der Waals surface area (Å²) < 4.78 is 0. The van der Waals surface area contributed by atoms with Crippen molar-refractivity contribution >= 4 is 23.6 Å². The fourth-order valence-corrected chi connectivity index (χ4v) is 1.53. The smallest absolute Gasteiger partial charge is 0.326 e. The van der Waals surface area contributed by atoms with E-state index < -0.39 is 24.0 Å². The number of carboxylic acids is 1. The molecule has 4 N–H and O–H groups in total. The Balaban J connectivity index is 4.17. The van der Waals surface area contributed by atoms with Crippen LogP contribution in [-0.2, 0) is 9.59 Å². The van der Waals surface area contributed by atoms with Gasteiger partial charge in [-0.3, -0.25) is 4.79 Å². The molecule has 0 aliphatic heterocycles. The van der Waals surface area contributed by atoms with Crippen LogP contribution in [0.5, 0.6) is 0 Å². The summed E-state index contributed by atoms with van der Waals surface area (Å²) in [5, 5.41) is 11.2. The second kappa shape index (κ2) is 8.18. The lowest BCUT2D eigenvalue weighted by Gasteiger charge is -2.16. The van der Waals surface area contributed by atoms with E-state index in [4.69, 9.17) is 10.8 Å². The van der Waals surface area contributed by atoms with Gasteiger partial charge in [-0.1, -0.05) is 6.08 Å². The molecule has 6 heteroatoms. The van der Waals surface area contributed by atoms with Gasteiger partial charge in [0, 0.05) is 0 Å². The van der Waals surface area contributed by atoms with Gasteiger partial charge in [-0.25, -0.2) is 4.79 Å². The number of hydrogen-bond acceptors (Lipinski definition) is 4. The Morgan fingerprint density at radius 3 is 2.69 bits per heavy atom. The van der Waals surface area contributed by atoms with E-state index in [0.717, 1.165) is 5.75 Å². The highest BCUT2D eigenvalue weighted by molar-refractivity contribution is 7.98. The van der Waals surface area contributed by atoms with E-state index in [9.17, 15) is 9.59 Å². The number of rotatable bonds is 8. The van der Waals surface area contributed by atoms with Gasteiger partial charge in [-0.2, -0.15) is 11.8 Å². The molecule has 0 aliphatic carbocycles. The fourth-order valence-electron chi connectivity index (χ4n) is 1.04. The predicted molar refractivity (Wildman–Crippen MR) is 65.4 cm³/mol. The monoisotopic (exact) mass is 246 g/mol. The van der Waals surface area contributed by atoms with Crippen LogP contribution in [0.3, 0.4) is 0 Å². The minimum atomic E-state index is -1.08. The third kappa shape index (κ3) is 5.77. The minimum absolute atomic E-state index is 0.191. The molecular formula is C10H18N2O3S. The van der Waals surface area contributed by atoms with Gasteiger partial charge in [0.2, 0.25) is 5.91 Å². The van der Waals surface area contributed by atoms with Gasteiger partial charge >= 0.3 is 5.97 Å². The van der Waals surface area contributed by atoms with Crippen molar-refractivity contribution in [3.63, 3.8) is 0 Å². The zero-order valence-electron chi connectivity index (χ0n) is 9.31. The number of amides is 1. The second-order valence-electron chi connectivity index (χ2n) is 3.31. The fraction of sp³-hybridized carbons (Fsp3) is 0.600. The molecule has 2 atom stereocenters. The van der Waals surface area contributed by atoms with Gasteiger partial charge in [0.1, 0.15) is 6.04 Å². The van der Waals surface area contributed by atoms with Crippen LogP contribution >= 0.6 is 11.8 Å². The van der Waals surface area contributed by atoms with Crippen LogP contribution < -0.4 is 11.1 Å². The molecule has 0 rings (SSSR count). The van der Waals surface area contributed by atoms with E-state index in [1.807, 2.05) is 6.26 Å². The zero-order valence-corrected chi connectivity index (χ0v) is 10.1. The standard InChI is InChI=1S/C10H18N2O3S/c1-3-4-8(10(14)15)12-9(13)7(11)5-6-16-2/h3,7-8H,1,4-6,11H2,2H3,(H,12,13)(H,14,15)/t7-,8?/m1/s1. The van der Waals surface area contributed by atoms with Crippen LogP contribution in [0, 0.1) is 0 Å². The van der Waals surface area contributed by atoms with Crippen molar-refractivity contribution in [2.75, 3.05) is 12.0 Å². The van der Waals surface area contributed by atoms with Crippen LogP contribution in [-0.4, -0.2) is 41.1 Å². The number of thioether (sulfide) groups is 1. The summed E-state index contributed by atoms with van der Waals surface area (Å²) in [6.45, 7) is 3.44. The van der Waals surface area contributed by atoms with Crippen LogP contribution in [0.2, 0.25) is 0 Å². The first-order chi connectivity index (χ1) is 7.52. The maximum absolute atomic E-state index is 11.5. The molecule has 0 spiro atoms. The van der Waals surface area contributed by atoms with Gasteiger partial charge in [0.25, 0.3) is 0 Å². The molecule has 0 fully saturated rings. The molecule has 0 aliphatic rings. The molecule has 16 heavy (non-hydrogen) atoms. The van der Waals surface area contributed by atoms with Gasteiger partial charge in [-0.05, 0) is 24.9 Å². The molecule has 0 aromatic rings. The number of aliphatic carboxylic acids is 1. The third-order valence-corrected chi connectivity index (χ3v) is 2.63. The largest absolute Gasteiger partial charge is 0.480 e. The van der Waals surface area contributed by atoms with E-state index >= 15 is 0 Å². The van der Waals surface area contributed by atoms with Crippen LogP contribution in [0.1, 0.15) is 12.8 Å². The lowest BCUT2D eigenvalue weighted by Crippen LogP contribution is -2.48. The van der Waals surface area contributed by atoms with Crippen molar-refractivity contribution in [1.29, 1.82) is 0 Å². The molecule has 92 valence electrons. The Hall–Kier alpha value is -1.01. The Labute approximate surface area is 99.5 Å². The lowest BCUT2D eigenvalue weighted by atomic mass is 10.1. The summed E-state index contributed by atoms with van der Waals surface area (Å²) >= 11 is 1.59. The van der Waals surface area contributed by atoms with E-state index in [2.05, 4.69) is 11.9 Å². The molecule has 0 bridgehead atoms. The van der Waals surface area contributed by atoms with Crippen molar-refractivity contribution < 1.29 is 14.7 Å². The Morgan fingerprint density at radius 2 is 2.25 bits per heavy atom. The lowest BCUT2D eigenvalue weighted by molar-refractivity contribution is -0.141. The Bertz CT molecular complexity index is 258. The molecule has 0 aromatic heterocycles. The van der Waals surface area contributed by atoms with Crippen LogP contribution in [0.4, 0.5) is 0 Å². The average molecular weight is 246 g/mol. The number of nitrogens with two attached hydrogens (primary N) is 1. The van der Waals surface area contributed by atoms with Gasteiger partial charge in [-0.15, -0.1) is 6.58 Å². The second-order valence-corrected chi connectivity index (χ2v) is 4.30. The summed E-state index contributed by atoms with van der Waals surface area (Å²) in [5.74, 6) is -0.734. The van der Waals surface area contributed by atoms with E-state index in [1.165, 1.54) is 6.08 Å². The average Bonchev–Trinajstić information content (AvgIpc) is 2.24. The van der Waals surface area contributed by atoms with E-state index in [1.54, 1.807) is 11.8 Å². The van der Waals surface area contributed by atoms with Crippen LogP contribution in [0.15, 0.2) is 12.7 Å². The summed E-state index contributed by atoms with van der Waals surface area (Å²) in [4.78, 5) is 22.2. The zero-order chi connectivity index (χ0) is 12.6. The molecule has 0 heterocycles. The summed E-state index contributed by atoms with van der Waals surface area (Å²) in [6, 6.07) is -1.59. The van der Waals surface area contributed by atoms with Gasteiger partial charge in [0.15, 0.2) is 0 Å². The molecule has 0 saturated heterocycles. The number of nitrogens with one attached hydrogen (secondary N) is 1. The molecule has 1 unspecified atom stereocenters. The highest BCUT2D eigenvalue weighted by Crippen LogP contribution is 2.00. The Morgan fingerprint density at radius 1 is 1.62 bits per heavy atom. The third-order valence-electron chi connectivity index (χ3n) is 1.99. The number of hydrogen-bond donors (Lipinski definition) is 3. The normalized spacial score (nSPS) is 13.9. The molecule has 0 aromatic carbocycles. The van der Waals surface area contributed by atoms with Crippen molar-refractivity contribution in [2.45, 2.75) is 24.9 Å². The Kier molecular flexibility index (Phi) is 7.66. The summed E-state index contributed by atoms with van der Waals surface area (Å²) in [7, 11) is 0. The minimum Gasteiger partial charge on any atom is -0.480 e. The van der Waals surface area contributed by atoms with E-state index in [-0.39, 0.29) is 6.42 Å². The summed E-state index contributed by atoms with van der Waals surface area (Å²) in [5.41, 5.74) is 5.60. The predicted octanol–water partition coefficient (Wildman–Crippen LogP) is 0.212. The van der Waals surface area contributed by atoms with Crippen molar-refractivity contribution in [3.05, 3.63) is 12.7 Å². The number of carbonyl (C=O) groups is 2. The molecule has 0 radical (unpaired) electrons. The topological polar surface area (TPSA) is 92.4 Å². The van der Waals surface area contributed by atoms with Crippen molar-refractivity contribution in [1.82, 2.24) is 5.32 Å². The van der Waals surface area contributed by atoms with Gasteiger partial charge < -0.3 is 16.2 Å². The maximum atomic E-state index is 11.5. The maximum Gasteiger partial charge on any atom is 0.326 e. The molecule has 5 nitrogen and oxygen atoms in total. The SMILES string of the molecule is C=CCC(NC(=O)[C@H](N)CCSC)C(=O)O. The first kappa shape index (κ1) is 15.0. The molecular weight excluding hydrogens is 228 g/mol. The number of carbonyl (C=O) groups excluding carboxylic acids is 1. The highest BCUT2D eigenvalue weighted by atomic mass is 32.2. The van der Waals surface area contributed by atoms with E-state index in [0.29, 0.717) is 6.42 Å². The first-order valence-electron chi connectivity index (χ1n) is 4.91. The summed E-state index contributed by atoms with van der Waals surface area (Å²) in [6.07, 6.45) is 4.10. The number of carboxylic acid groups (broad SMARTS) is 1. The van der Waals surface area contributed by atoms with Gasteiger partial charge in [0.05, 0.1) is 6.04 Å². The molecule has 0 saturated carbocycles. The first-order valence-corrected chi connectivity index (χ1v) is 6.30. The van der Waals surface area contributed by atoms with Crippen molar-refractivity contribution in [3.8, 4) is 0 Å². The van der Waals surface area contributed by atoms with Crippen molar-refractivity contribution in [2.24, 2.45) is 5.73 Å². The van der Waals surface area contributed by atoms with Crippen LogP contribution in [0.25, 0.3) is 0 Å². The molecule has 1 amide bonds.